The number of aromatic nitrogens is 2. The van der Waals surface area contributed by atoms with Crippen LogP contribution in [0.1, 0.15) is 24.4 Å². The van der Waals surface area contributed by atoms with Gasteiger partial charge < -0.3 is 9.15 Å². The predicted molar refractivity (Wildman–Crippen MR) is 95.2 cm³/mol. The summed E-state index contributed by atoms with van der Waals surface area (Å²) in [5, 5.41) is 12.7. The van der Waals surface area contributed by atoms with Crippen LogP contribution in [-0.2, 0) is 11.2 Å². The molecule has 130 valence electrons. The minimum atomic E-state index is -0.747. The average molecular weight is 359 g/mol. The average Bonchev–Trinajstić information content (AvgIpc) is 3.01. The molecule has 0 saturated heterocycles. The van der Waals surface area contributed by atoms with Crippen molar-refractivity contribution in [2.75, 3.05) is 5.32 Å². The summed E-state index contributed by atoms with van der Waals surface area (Å²) in [6.45, 7) is 5.44. The second-order valence-corrected chi connectivity index (χ2v) is 6.57. The fourth-order valence-electron chi connectivity index (χ4n) is 2.29. The third-order valence-corrected chi connectivity index (χ3v) is 4.59. The van der Waals surface area contributed by atoms with Crippen molar-refractivity contribution >= 4 is 33.3 Å². The summed E-state index contributed by atoms with van der Waals surface area (Å²) in [5.74, 6) is 0.111. The van der Waals surface area contributed by atoms with Gasteiger partial charge in [0.2, 0.25) is 5.13 Å². The van der Waals surface area contributed by atoms with E-state index in [1.807, 2.05) is 13.8 Å². The van der Waals surface area contributed by atoms with E-state index in [9.17, 15) is 9.59 Å². The number of aryl methyl sites for hydroxylation is 2. The van der Waals surface area contributed by atoms with Crippen molar-refractivity contribution in [1.82, 2.24) is 10.2 Å². The molecule has 1 N–H and O–H groups in total. The SMILES string of the molecule is CCc1nnc(NC(=O)C(C)Oc2ccc3c(C)cc(=O)oc3c2)s1. The van der Waals surface area contributed by atoms with E-state index in [0.717, 1.165) is 22.4 Å². The van der Waals surface area contributed by atoms with Gasteiger partial charge in [-0.3, -0.25) is 10.1 Å². The molecular weight excluding hydrogens is 342 g/mol. The number of hydrogen-bond donors (Lipinski definition) is 1. The van der Waals surface area contributed by atoms with Gasteiger partial charge in [-0.1, -0.05) is 18.3 Å². The summed E-state index contributed by atoms with van der Waals surface area (Å²) in [7, 11) is 0. The third kappa shape index (κ3) is 3.85. The van der Waals surface area contributed by atoms with Crippen molar-refractivity contribution in [3.8, 4) is 5.75 Å². The lowest BCUT2D eigenvalue weighted by Gasteiger charge is -2.14. The van der Waals surface area contributed by atoms with Crippen molar-refractivity contribution in [1.29, 1.82) is 0 Å². The topological polar surface area (TPSA) is 94.3 Å². The number of amides is 1. The number of anilines is 1. The first-order chi connectivity index (χ1) is 12.0. The van der Waals surface area contributed by atoms with Gasteiger partial charge >= 0.3 is 5.63 Å². The van der Waals surface area contributed by atoms with Crippen LogP contribution in [-0.4, -0.2) is 22.2 Å². The van der Waals surface area contributed by atoms with E-state index in [1.165, 1.54) is 17.4 Å². The van der Waals surface area contributed by atoms with Gasteiger partial charge in [-0.05, 0) is 38.0 Å². The molecular formula is C17H17N3O4S. The maximum atomic E-state index is 12.2. The van der Waals surface area contributed by atoms with E-state index < -0.39 is 11.7 Å². The van der Waals surface area contributed by atoms with Crippen LogP contribution in [0, 0.1) is 6.92 Å². The smallest absolute Gasteiger partial charge is 0.336 e. The lowest BCUT2D eigenvalue weighted by atomic mass is 10.1. The highest BCUT2D eigenvalue weighted by Gasteiger charge is 2.17. The fourth-order valence-corrected chi connectivity index (χ4v) is 2.97. The molecule has 0 aliphatic heterocycles. The van der Waals surface area contributed by atoms with E-state index in [1.54, 1.807) is 25.1 Å². The van der Waals surface area contributed by atoms with Gasteiger partial charge in [-0.25, -0.2) is 4.79 Å². The lowest BCUT2D eigenvalue weighted by Crippen LogP contribution is -2.30. The van der Waals surface area contributed by atoms with Crippen molar-refractivity contribution in [3.05, 3.63) is 45.3 Å². The molecule has 2 heterocycles. The summed E-state index contributed by atoms with van der Waals surface area (Å²) in [4.78, 5) is 23.7. The molecule has 0 saturated carbocycles. The monoisotopic (exact) mass is 359 g/mol. The largest absolute Gasteiger partial charge is 0.481 e. The van der Waals surface area contributed by atoms with Crippen LogP contribution in [0.3, 0.4) is 0 Å². The molecule has 0 spiro atoms. The molecule has 2 aromatic heterocycles. The summed E-state index contributed by atoms with van der Waals surface area (Å²) in [6, 6.07) is 6.57. The van der Waals surface area contributed by atoms with E-state index in [4.69, 9.17) is 9.15 Å². The number of nitrogens with zero attached hydrogens (tertiary/aromatic N) is 2. The maximum absolute atomic E-state index is 12.2. The van der Waals surface area contributed by atoms with Gasteiger partial charge in [0.05, 0.1) is 0 Å². The predicted octanol–water partition coefficient (Wildman–Crippen LogP) is 2.92. The van der Waals surface area contributed by atoms with Crippen LogP contribution in [0.5, 0.6) is 5.75 Å². The first-order valence-electron chi connectivity index (χ1n) is 7.80. The first kappa shape index (κ1) is 17.1. The van der Waals surface area contributed by atoms with Crippen LogP contribution >= 0.6 is 11.3 Å². The second kappa shape index (κ2) is 7.02. The van der Waals surface area contributed by atoms with Gasteiger partial charge in [-0.15, -0.1) is 10.2 Å². The fraction of sp³-hybridized carbons (Fsp3) is 0.294. The molecule has 3 aromatic rings. The van der Waals surface area contributed by atoms with Crippen molar-refractivity contribution in [3.63, 3.8) is 0 Å². The number of benzene rings is 1. The number of ether oxygens (including phenoxy) is 1. The van der Waals surface area contributed by atoms with Gasteiger partial charge in [0.15, 0.2) is 6.10 Å². The highest BCUT2D eigenvalue weighted by Crippen LogP contribution is 2.23. The number of carbonyl (C=O) groups is 1. The second-order valence-electron chi connectivity index (χ2n) is 5.51. The quantitative estimate of drug-likeness (QED) is 0.704. The number of carbonyl (C=O) groups excluding carboxylic acids is 1. The Morgan fingerprint density at radius 1 is 1.36 bits per heavy atom. The highest BCUT2D eigenvalue weighted by molar-refractivity contribution is 7.15. The number of nitrogens with one attached hydrogen (secondary N) is 1. The van der Waals surface area contributed by atoms with Crippen LogP contribution in [0.2, 0.25) is 0 Å². The summed E-state index contributed by atoms with van der Waals surface area (Å²) in [6.07, 6.45) is 0.0179. The standard InChI is InChI=1S/C17H17N3O4S/c1-4-14-19-20-17(25-14)18-16(22)10(3)23-11-5-6-12-9(2)7-15(21)24-13(12)8-11/h5-8,10H,4H2,1-3H3,(H,18,20,22). The Morgan fingerprint density at radius 2 is 2.16 bits per heavy atom. The Morgan fingerprint density at radius 3 is 2.88 bits per heavy atom. The Bertz CT molecular complexity index is 979. The highest BCUT2D eigenvalue weighted by atomic mass is 32.1. The van der Waals surface area contributed by atoms with E-state index in [2.05, 4.69) is 15.5 Å². The molecule has 0 aliphatic carbocycles. The molecule has 25 heavy (non-hydrogen) atoms. The Kier molecular flexibility index (Phi) is 4.80. The van der Waals surface area contributed by atoms with Gasteiger partial charge in [0.25, 0.3) is 5.91 Å². The van der Waals surface area contributed by atoms with Crippen molar-refractivity contribution in [2.45, 2.75) is 33.3 Å². The molecule has 0 aliphatic rings. The molecule has 7 nitrogen and oxygen atoms in total. The van der Waals surface area contributed by atoms with Crippen molar-refractivity contribution in [2.24, 2.45) is 0 Å². The van der Waals surface area contributed by atoms with Crippen LogP contribution in [0.25, 0.3) is 11.0 Å². The molecule has 1 amide bonds. The minimum absolute atomic E-state index is 0.329. The number of rotatable bonds is 5. The van der Waals surface area contributed by atoms with E-state index >= 15 is 0 Å². The summed E-state index contributed by atoms with van der Waals surface area (Å²) >= 11 is 1.33. The van der Waals surface area contributed by atoms with Gasteiger partial charge in [-0.2, -0.15) is 0 Å². The van der Waals surface area contributed by atoms with Crippen LogP contribution in [0.15, 0.2) is 33.5 Å². The Labute approximate surface area is 147 Å². The maximum Gasteiger partial charge on any atom is 0.336 e. The van der Waals surface area contributed by atoms with Crippen LogP contribution < -0.4 is 15.7 Å². The molecule has 0 radical (unpaired) electrons. The first-order valence-corrected chi connectivity index (χ1v) is 8.62. The number of fused-ring (bicyclic) bond motifs is 1. The zero-order valence-corrected chi connectivity index (χ0v) is 14.8. The minimum Gasteiger partial charge on any atom is -0.481 e. The zero-order chi connectivity index (χ0) is 18.0. The zero-order valence-electron chi connectivity index (χ0n) is 14.0. The number of hydrogen-bond acceptors (Lipinski definition) is 7. The van der Waals surface area contributed by atoms with Crippen molar-refractivity contribution < 1.29 is 13.9 Å². The van der Waals surface area contributed by atoms with E-state index in [0.29, 0.717) is 16.5 Å². The molecule has 0 bridgehead atoms. The summed E-state index contributed by atoms with van der Waals surface area (Å²) < 4.78 is 10.8. The Hall–Kier alpha value is -2.74. The van der Waals surface area contributed by atoms with E-state index in [-0.39, 0.29) is 5.91 Å². The summed E-state index contributed by atoms with van der Waals surface area (Å²) in [5.41, 5.74) is 0.828. The molecule has 1 aromatic carbocycles. The van der Waals surface area contributed by atoms with Gasteiger partial charge in [0, 0.05) is 17.5 Å². The molecule has 8 heteroatoms. The van der Waals surface area contributed by atoms with Crippen LogP contribution in [0.4, 0.5) is 5.13 Å². The molecule has 1 atom stereocenters. The third-order valence-electron chi connectivity index (χ3n) is 3.60. The normalized spacial score (nSPS) is 12.1. The molecule has 1 unspecified atom stereocenters. The molecule has 0 fully saturated rings. The molecule has 3 rings (SSSR count). The van der Waals surface area contributed by atoms with Gasteiger partial charge in [0.1, 0.15) is 16.3 Å². The Balaban J connectivity index is 1.73. The lowest BCUT2D eigenvalue weighted by molar-refractivity contribution is -0.122.